The van der Waals surface area contributed by atoms with E-state index < -0.39 is 0 Å². The number of amides is 1. The number of anilines is 1. The van der Waals surface area contributed by atoms with E-state index in [1.54, 1.807) is 43.7 Å². The molecule has 1 heterocycles. The van der Waals surface area contributed by atoms with Gasteiger partial charge in [0.15, 0.2) is 0 Å². The summed E-state index contributed by atoms with van der Waals surface area (Å²) < 4.78 is 11.6. The lowest BCUT2D eigenvalue weighted by molar-refractivity contribution is -0.111. The van der Waals surface area contributed by atoms with E-state index in [1.165, 1.54) is 0 Å². The summed E-state index contributed by atoms with van der Waals surface area (Å²) in [6.45, 7) is 3.82. The quantitative estimate of drug-likeness (QED) is 0.306. The molecule has 0 unspecified atom stereocenters. The summed E-state index contributed by atoms with van der Waals surface area (Å²) in [5.41, 5.74) is 5.74. The minimum atomic E-state index is -0.255. The van der Waals surface area contributed by atoms with E-state index in [-0.39, 0.29) is 5.91 Å². The highest BCUT2D eigenvalue weighted by Crippen LogP contribution is 2.40. The van der Waals surface area contributed by atoms with Crippen LogP contribution in [0.1, 0.15) is 18.1 Å². The molecule has 1 N–H and O–H groups in total. The summed E-state index contributed by atoms with van der Waals surface area (Å²) in [6.07, 6.45) is 3.28. The smallest absolute Gasteiger partial charge is 0.248 e. The molecule has 0 radical (unpaired) electrons. The Morgan fingerprint density at radius 3 is 2.50 bits per heavy atom. The van der Waals surface area contributed by atoms with Gasteiger partial charge in [0, 0.05) is 43.9 Å². The Balaban J connectivity index is 1.76. The number of carbonyl (C=O) groups excluding carboxylic acids is 1. The average Bonchev–Trinajstić information content (AvgIpc) is 3.18. The first-order valence-corrected chi connectivity index (χ1v) is 10.7. The van der Waals surface area contributed by atoms with Crippen LogP contribution in [0.15, 0.2) is 71.4 Å². The monoisotopic (exact) mass is 465 g/mol. The molecular formula is C26H21Cl2NO3. The third-order valence-electron chi connectivity index (χ3n) is 5.27. The van der Waals surface area contributed by atoms with Crippen LogP contribution in [0.4, 0.5) is 5.69 Å². The Morgan fingerprint density at radius 1 is 1.06 bits per heavy atom. The van der Waals surface area contributed by atoms with Crippen LogP contribution in [0.25, 0.3) is 27.7 Å². The lowest BCUT2D eigenvalue weighted by Gasteiger charge is -2.13. The van der Waals surface area contributed by atoms with Gasteiger partial charge in [-0.05, 0) is 61.4 Å². The summed E-state index contributed by atoms with van der Waals surface area (Å²) in [5, 5.41) is 5.00. The van der Waals surface area contributed by atoms with Gasteiger partial charge >= 0.3 is 0 Å². The summed E-state index contributed by atoms with van der Waals surface area (Å²) >= 11 is 12.1. The van der Waals surface area contributed by atoms with E-state index in [1.807, 2.05) is 44.2 Å². The van der Waals surface area contributed by atoms with Gasteiger partial charge in [0.2, 0.25) is 5.91 Å². The number of aryl methyl sites for hydroxylation is 1. The third kappa shape index (κ3) is 4.38. The van der Waals surface area contributed by atoms with Gasteiger partial charge in [-0.25, -0.2) is 0 Å². The van der Waals surface area contributed by atoms with Crippen molar-refractivity contribution in [1.82, 2.24) is 0 Å². The minimum Gasteiger partial charge on any atom is -0.496 e. The van der Waals surface area contributed by atoms with Crippen molar-refractivity contribution in [2.75, 3.05) is 12.4 Å². The molecule has 0 aliphatic carbocycles. The number of carbonyl (C=O) groups is 1. The van der Waals surface area contributed by atoms with Crippen LogP contribution in [0.5, 0.6) is 5.75 Å². The Morgan fingerprint density at radius 2 is 1.81 bits per heavy atom. The van der Waals surface area contributed by atoms with Crippen LogP contribution in [0.2, 0.25) is 10.0 Å². The predicted molar refractivity (Wildman–Crippen MR) is 132 cm³/mol. The van der Waals surface area contributed by atoms with Gasteiger partial charge in [-0.2, -0.15) is 0 Å². The Kier molecular flexibility index (Phi) is 6.26. The Hall–Kier alpha value is -3.21. The zero-order valence-electron chi connectivity index (χ0n) is 17.8. The molecule has 0 spiro atoms. The lowest BCUT2D eigenvalue weighted by atomic mass is 9.96. The molecule has 4 rings (SSSR count). The van der Waals surface area contributed by atoms with E-state index >= 15 is 0 Å². The van der Waals surface area contributed by atoms with Gasteiger partial charge in [0.1, 0.15) is 11.3 Å². The number of halogens is 2. The van der Waals surface area contributed by atoms with Crippen molar-refractivity contribution >= 4 is 51.3 Å². The lowest BCUT2D eigenvalue weighted by Crippen LogP contribution is -2.08. The first-order valence-electron chi connectivity index (χ1n) is 9.97. The van der Waals surface area contributed by atoms with Crippen LogP contribution in [0.3, 0.4) is 0 Å². The minimum absolute atomic E-state index is 0.255. The fourth-order valence-electron chi connectivity index (χ4n) is 3.74. The third-order valence-corrected chi connectivity index (χ3v) is 5.75. The SMILES string of the molecule is COc1c(/C(C)=C/C(=O)Nc2cccc(Cl)c2)cc2c(-c3ccc(Cl)cc3)coc2c1C. The van der Waals surface area contributed by atoms with E-state index in [0.29, 0.717) is 21.5 Å². The number of fused-ring (bicyclic) bond motifs is 1. The highest BCUT2D eigenvalue weighted by molar-refractivity contribution is 6.31. The zero-order valence-corrected chi connectivity index (χ0v) is 19.3. The summed E-state index contributed by atoms with van der Waals surface area (Å²) in [6, 6.07) is 16.6. The van der Waals surface area contributed by atoms with Gasteiger partial charge in [-0.1, -0.05) is 41.4 Å². The number of furan rings is 1. The van der Waals surface area contributed by atoms with E-state index in [0.717, 1.165) is 38.8 Å². The molecule has 0 aliphatic rings. The van der Waals surface area contributed by atoms with Crippen LogP contribution in [-0.2, 0) is 4.79 Å². The van der Waals surface area contributed by atoms with Gasteiger partial charge in [-0.3, -0.25) is 4.79 Å². The molecule has 32 heavy (non-hydrogen) atoms. The van der Waals surface area contributed by atoms with Crippen LogP contribution >= 0.6 is 23.2 Å². The molecule has 0 aliphatic heterocycles. The second-order valence-corrected chi connectivity index (χ2v) is 8.32. The molecule has 4 nitrogen and oxygen atoms in total. The zero-order chi connectivity index (χ0) is 22.8. The molecule has 0 fully saturated rings. The highest BCUT2D eigenvalue weighted by atomic mass is 35.5. The highest BCUT2D eigenvalue weighted by Gasteiger charge is 2.19. The number of nitrogens with one attached hydrogen (secondary N) is 1. The molecule has 0 saturated carbocycles. The van der Waals surface area contributed by atoms with Crippen molar-refractivity contribution < 1.29 is 13.9 Å². The van der Waals surface area contributed by atoms with Crippen molar-refractivity contribution in [3.8, 4) is 16.9 Å². The van der Waals surface area contributed by atoms with Crippen molar-refractivity contribution in [3.63, 3.8) is 0 Å². The molecule has 0 saturated heterocycles. The second kappa shape index (κ2) is 9.11. The number of hydrogen-bond donors (Lipinski definition) is 1. The number of allylic oxidation sites excluding steroid dienone is 1. The summed E-state index contributed by atoms with van der Waals surface area (Å²) in [5.74, 6) is 0.411. The first kappa shape index (κ1) is 22.0. The second-order valence-electron chi connectivity index (χ2n) is 7.44. The number of methoxy groups -OCH3 is 1. The van der Waals surface area contributed by atoms with Crippen LogP contribution < -0.4 is 10.1 Å². The Bertz CT molecular complexity index is 1340. The van der Waals surface area contributed by atoms with Crippen molar-refractivity contribution in [2.24, 2.45) is 0 Å². The fraction of sp³-hybridized carbons (Fsp3) is 0.115. The van der Waals surface area contributed by atoms with E-state index in [4.69, 9.17) is 32.4 Å². The molecular weight excluding hydrogens is 445 g/mol. The molecule has 0 bridgehead atoms. The van der Waals surface area contributed by atoms with Crippen molar-refractivity contribution in [1.29, 1.82) is 0 Å². The van der Waals surface area contributed by atoms with Crippen molar-refractivity contribution in [2.45, 2.75) is 13.8 Å². The van der Waals surface area contributed by atoms with Crippen molar-refractivity contribution in [3.05, 3.63) is 88.1 Å². The molecule has 1 amide bonds. The fourth-order valence-corrected chi connectivity index (χ4v) is 4.06. The van der Waals surface area contributed by atoms with E-state index in [9.17, 15) is 4.79 Å². The van der Waals surface area contributed by atoms with Crippen LogP contribution in [0, 0.1) is 6.92 Å². The number of hydrogen-bond acceptors (Lipinski definition) is 3. The molecule has 1 aromatic heterocycles. The predicted octanol–water partition coefficient (Wildman–Crippen LogP) is 7.77. The maximum Gasteiger partial charge on any atom is 0.248 e. The summed E-state index contributed by atoms with van der Waals surface area (Å²) in [4.78, 5) is 12.6. The summed E-state index contributed by atoms with van der Waals surface area (Å²) in [7, 11) is 1.61. The van der Waals surface area contributed by atoms with Gasteiger partial charge in [-0.15, -0.1) is 0 Å². The number of rotatable bonds is 5. The molecule has 6 heteroatoms. The van der Waals surface area contributed by atoms with Gasteiger partial charge in [0.05, 0.1) is 13.4 Å². The maximum atomic E-state index is 12.6. The van der Waals surface area contributed by atoms with E-state index in [2.05, 4.69) is 5.32 Å². The average molecular weight is 466 g/mol. The molecule has 0 atom stereocenters. The van der Waals surface area contributed by atoms with Gasteiger partial charge in [0.25, 0.3) is 0 Å². The topological polar surface area (TPSA) is 51.5 Å². The molecule has 162 valence electrons. The van der Waals surface area contributed by atoms with Gasteiger partial charge < -0.3 is 14.5 Å². The van der Waals surface area contributed by atoms with Crippen LogP contribution in [-0.4, -0.2) is 13.0 Å². The maximum absolute atomic E-state index is 12.6. The Labute approximate surface area is 196 Å². The standard InChI is InChI=1S/C26H21Cl2NO3/c1-15(11-24(30)29-20-6-4-5-19(28)12-20)21-13-22-23(17-7-9-18(27)10-8-17)14-32-26(22)16(2)25(21)31-3/h4-14H,1-3H3,(H,29,30)/b15-11+. The normalized spacial score (nSPS) is 11.6. The largest absolute Gasteiger partial charge is 0.496 e. The molecule has 4 aromatic rings. The molecule has 3 aromatic carbocycles. The first-order chi connectivity index (χ1) is 15.4. The number of ether oxygens (including phenoxy) is 1. The number of benzene rings is 3.